The molecule has 34 heavy (non-hydrogen) atoms. The molecule has 2 aromatic carbocycles. The van der Waals surface area contributed by atoms with Gasteiger partial charge in [0.1, 0.15) is 23.7 Å². The molecule has 1 aliphatic heterocycles. The van der Waals surface area contributed by atoms with Gasteiger partial charge >= 0.3 is 0 Å². The van der Waals surface area contributed by atoms with Crippen LogP contribution in [0.25, 0.3) is 11.1 Å². The zero-order valence-electron chi connectivity index (χ0n) is 19.2. The number of halogens is 3. The minimum atomic E-state index is -3.78. The molecule has 1 saturated carbocycles. The van der Waals surface area contributed by atoms with E-state index in [2.05, 4.69) is 4.72 Å². The minimum Gasteiger partial charge on any atom is -0.378 e. The molecular formula is C24H30F3N3O3S. The van der Waals surface area contributed by atoms with Crippen molar-refractivity contribution in [3.05, 3.63) is 59.4 Å². The van der Waals surface area contributed by atoms with E-state index in [1.54, 1.807) is 4.90 Å². The maximum absolute atomic E-state index is 15.6. The van der Waals surface area contributed by atoms with Crippen LogP contribution in [0.4, 0.5) is 13.2 Å². The van der Waals surface area contributed by atoms with Gasteiger partial charge in [-0.05, 0) is 67.0 Å². The second kappa shape index (κ2) is 9.94. The number of aliphatic hydroxyl groups excluding tert-OH is 1. The van der Waals surface area contributed by atoms with Gasteiger partial charge in [0, 0.05) is 38.3 Å². The summed E-state index contributed by atoms with van der Waals surface area (Å²) >= 11 is 0. The second-order valence-corrected chi connectivity index (χ2v) is 11.3. The summed E-state index contributed by atoms with van der Waals surface area (Å²) in [4.78, 5) is 1.80. The molecule has 0 bridgehead atoms. The lowest BCUT2D eigenvalue weighted by atomic mass is 9.83. The minimum absolute atomic E-state index is 0.0176. The molecule has 0 spiro atoms. The third-order valence-electron chi connectivity index (χ3n) is 6.96. The summed E-state index contributed by atoms with van der Waals surface area (Å²) in [6, 6.07) is 6.22. The van der Waals surface area contributed by atoms with Gasteiger partial charge in [-0.2, -0.15) is 17.4 Å². The van der Waals surface area contributed by atoms with E-state index in [0.29, 0.717) is 13.0 Å². The Labute approximate surface area is 198 Å². The highest BCUT2D eigenvalue weighted by Crippen LogP contribution is 2.36. The third kappa shape index (κ3) is 5.16. The Balaban J connectivity index is 1.68. The van der Waals surface area contributed by atoms with Crippen LogP contribution in [0.5, 0.6) is 0 Å². The van der Waals surface area contributed by atoms with Crippen LogP contribution in [0.3, 0.4) is 0 Å². The molecule has 2 fully saturated rings. The molecule has 2 aliphatic rings. The first-order valence-corrected chi connectivity index (χ1v) is 12.9. The number of benzene rings is 2. The fourth-order valence-corrected chi connectivity index (χ4v) is 5.66. The SMILES string of the molecule is CN(C)S(=O)(=O)N[C@H]1CCN(C(O)C2CCC2)[C@H]1Cc1cc(F)cc(-c2cccc(F)c2)c1F. The number of hydrogen-bond donors (Lipinski definition) is 2. The van der Waals surface area contributed by atoms with E-state index in [0.717, 1.165) is 41.8 Å². The molecule has 0 amide bonds. The predicted octanol–water partition coefficient (Wildman–Crippen LogP) is 3.27. The number of nitrogens with one attached hydrogen (secondary N) is 1. The molecule has 1 unspecified atom stereocenters. The molecule has 0 radical (unpaired) electrons. The third-order valence-corrected chi connectivity index (χ3v) is 8.52. The van der Waals surface area contributed by atoms with E-state index in [4.69, 9.17) is 0 Å². The zero-order valence-corrected chi connectivity index (χ0v) is 20.0. The Kier molecular flexibility index (Phi) is 7.35. The first-order chi connectivity index (χ1) is 16.1. The standard InChI is InChI=1S/C24H30F3N3O3S/c1-29(2)34(32,33)28-21-9-10-30(24(31)15-5-3-6-15)22(21)13-17-12-19(26)14-20(23(17)27)16-7-4-8-18(25)11-16/h4,7-8,11-12,14-15,21-22,24,28,31H,3,5-6,9-10,13H2,1-2H3/t21-,22-,24?/m0/s1. The van der Waals surface area contributed by atoms with Crippen LogP contribution in [0.15, 0.2) is 36.4 Å². The van der Waals surface area contributed by atoms with Crippen molar-refractivity contribution in [3.8, 4) is 11.1 Å². The van der Waals surface area contributed by atoms with Crippen LogP contribution in [0.1, 0.15) is 31.2 Å². The summed E-state index contributed by atoms with van der Waals surface area (Å²) < 4.78 is 72.6. The van der Waals surface area contributed by atoms with Crippen molar-refractivity contribution in [1.82, 2.24) is 13.9 Å². The highest BCUT2D eigenvalue weighted by Gasteiger charge is 2.43. The van der Waals surface area contributed by atoms with Crippen molar-refractivity contribution < 1.29 is 26.7 Å². The van der Waals surface area contributed by atoms with Crippen molar-refractivity contribution in [2.75, 3.05) is 20.6 Å². The molecule has 0 aromatic heterocycles. The fraction of sp³-hybridized carbons (Fsp3) is 0.500. The summed E-state index contributed by atoms with van der Waals surface area (Å²) in [5.74, 6) is -1.85. The van der Waals surface area contributed by atoms with E-state index in [-0.39, 0.29) is 29.0 Å². The molecule has 10 heteroatoms. The number of rotatable bonds is 8. The van der Waals surface area contributed by atoms with Crippen LogP contribution in [0.2, 0.25) is 0 Å². The monoisotopic (exact) mass is 497 g/mol. The Hall–Kier alpha value is -1.98. The normalized spacial score (nSPS) is 22.8. The maximum atomic E-state index is 15.6. The van der Waals surface area contributed by atoms with Gasteiger partial charge in [-0.25, -0.2) is 13.2 Å². The van der Waals surface area contributed by atoms with Crippen molar-refractivity contribution in [2.24, 2.45) is 5.92 Å². The summed E-state index contributed by atoms with van der Waals surface area (Å²) in [7, 11) is -0.961. The van der Waals surface area contributed by atoms with Gasteiger partial charge < -0.3 is 5.11 Å². The smallest absolute Gasteiger partial charge is 0.279 e. The van der Waals surface area contributed by atoms with E-state index in [1.807, 2.05) is 0 Å². The lowest BCUT2D eigenvalue weighted by Gasteiger charge is -2.39. The average molecular weight is 498 g/mol. The highest BCUT2D eigenvalue weighted by molar-refractivity contribution is 7.87. The number of nitrogens with zero attached hydrogens (tertiary/aromatic N) is 2. The van der Waals surface area contributed by atoms with E-state index in [9.17, 15) is 22.3 Å². The molecular weight excluding hydrogens is 467 g/mol. The first-order valence-electron chi connectivity index (χ1n) is 11.4. The van der Waals surface area contributed by atoms with E-state index < -0.39 is 46.0 Å². The van der Waals surface area contributed by atoms with Crippen LogP contribution >= 0.6 is 0 Å². The van der Waals surface area contributed by atoms with Gasteiger partial charge in [0.15, 0.2) is 0 Å². The van der Waals surface area contributed by atoms with Crippen molar-refractivity contribution in [3.63, 3.8) is 0 Å². The second-order valence-electron chi connectivity index (χ2n) is 9.35. The number of aliphatic hydroxyl groups is 1. The average Bonchev–Trinajstić information content (AvgIpc) is 3.10. The highest BCUT2D eigenvalue weighted by atomic mass is 32.2. The molecule has 4 rings (SSSR count). The number of hydrogen-bond acceptors (Lipinski definition) is 4. The summed E-state index contributed by atoms with van der Waals surface area (Å²) in [6.07, 6.45) is 2.39. The lowest BCUT2D eigenvalue weighted by Crippen LogP contribution is -2.53. The molecule has 2 N–H and O–H groups in total. The summed E-state index contributed by atoms with van der Waals surface area (Å²) in [5.41, 5.74) is 0.191. The van der Waals surface area contributed by atoms with Gasteiger partial charge in [0.2, 0.25) is 0 Å². The fourth-order valence-electron chi connectivity index (χ4n) is 4.79. The Bertz CT molecular complexity index is 1140. The molecule has 1 aliphatic carbocycles. The van der Waals surface area contributed by atoms with Gasteiger partial charge in [0.25, 0.3) is 10.2 Å². The van der Waals surface area contributed by atoms with Crippen LogP contribution in [-0.2, 0) is 16.6 Å². The van der Waals surface area contributed by atoms with Gasteiger partial charge in [-0.15, -0.1) is 0 Å². The summed E-state index contributed by atoms with van der Waals surface area (Å²) in [6.45, 7) is 0.427. The van der Waals surface area contributed by atoms with E-state index >= 15 is 4.39 Å². The lowest BCUT2D eigenvalue weighted by molar-refractivity contribution is -0.0718. The molecule has 2 aromatic rings. The first kappa shape index (κ1) is 25.1. The number of likely N-dealkylation sites (tertiary alicyclic amines) is 1. The van der Waals surface area contributed by atoms with Crippen LogP contribution < -0.4 is 4.72 Å². The molecule has 1 saturated heterocycles. The van der Waals surface area contributed by atoms with Crippen molar-refractivity contribution in [2.45, 2.75) is 50.4 Å². The Morgan fingerprint density at radius 3 is 2.47 bits per heavy atom. The quantitative estimate of drug-likeness (QED) is 0.587. The molecule has 6 nitrogen and oxygen atoms in total. The predicted molar refractivity (Wildman–Crippen MR) is 123 cm³/mol. The molecule has 1 heterocycles. The topological polar surface area (TPSA) is 72.9 Å². The summed E-state index contributed by atoms with van der Waals surface area (Å²) in [5, 5.41) is 11.0. The van der Waals surface area contributed by atoms with Gasteiger partial charge in [-0.1, -0.05) is 18.6 Å². The molecule has 3 atom stereocenters. The largest absolute Gasteiger partial charge is 0.378 e. The maximum Gasteiger partial charge on any atom is 0.279 e. The van der Waals surface area contributed by atoms with Crippen molar-refractivity contribution in [1.29, 1.82) is 0 Å². The van der Waals surface area contributed by atoms with Crippen LogP contribution in [0, 0.1) is 23.4 Å². The Morgan fingerprint density at radius 2 is 1.85 bits per heavy atom. The Morgan fingerprint density at radius 1 is 1.12 bits per heavy atom. The van der Waals surface area contributed by atoms with Gasteiger partial charge in [-0.3, -0.25) is 4.90 Å². The van der Waals surface area contributed by atoms with Crippen molar-refractivity contribution >= 4 is 10.2 Å². The van der Waals surface area contributed by atoms with E-state index in [1.165, 1.54) is 32.3 Å². The van der Waals surface area contributed by atoms with Crippen LogP contribution in [-0.4, -0.2) is 61.7 Å². The zero-order chi connectivity index (χ0) is 24.6. The molecule has 186 valence electrons. The van der Waals surface area contributed by atoms with Gasteiger partial charge in [0.05, 0.1) is 0 Å².